The molecule has 0 heterocycles. The molecule has 0 aliphatic rings. The van der Waals surface area contributed by atoms with Gasteiger partial charge in [0.2, 0.25) is 0 Å². The summed E-state index contributed by atoms with van der Waals surface area (Å²) in [5, 5.41) is 9.61. The lowest BCUT2D eigenvalue weighted by atomic mass is 10.0. The maximum absolute atomic E-state index is 12.2. The highest BCUT2D eigenvalue weighted by Crippen LogP contribution is 2.16. The topological polar surface area (TPSA) is 55.8 Å². The van der Waals surface area contributed by atoms with Gasteiger partial charge in [-0.3, -0.25) is 4.79 Å². The van der Waals surface area contributed by atoms with Gasteiger partial charge < -0.3 is 14.6 Å². The number of aliphatic hydroxyl groups is 1. The summed E-state index contributed by atoms with van der Waals surface area (Å²) in [4.78, 5) is 12.2. The average molecular weight is 721 g/mol. The van der Waals surface area contributed by atoms with Crippen molar-refractivity contribution in [1.29, 1.82) is 0 Å². The number of carbonyl (C=O) groups is 1. The van der Waals surface area contributed by atoms with Crippen LogP contribution in [0.5, 0.6) is 0 Å². The zero-order chi connectivity index (χ0) is 37.0. The van der Waals surface area contributed by atoms with Gasteiger partial charge in [0.1, 0.15) is 6.10 Å². The molecule has 304 valence electrons. The average Bonchev–Trinajstić information content (AvgIpc) is 3.14. The van der Waals surface area contributed by atoms with Crippen LogP contribution in [0.25, 0.3) is 0 Å². The Kier molecular flexibility index (Phi) is 44.5. The molecule has 0 radical (unpaired) electrons. The van der Waals surface area contributed by atoms with Gasteiger partial charge in [-0.05, 0) is 38.5 Å². The van der Waals surface area contributed by atoms with E-state index in [-0.39, 0.29) is 12.6 Å². The monoisotopic (exact) mass is 721 g/mol. The van der Waals surface area contributed by atoms with Crippen LogP contribution in [0, 0.1) is 0 Å². The number of unbranched alkanes of at least 4 members (excludes halogenated alkanes) is 34. The van der Waals surface area contributed by atoms with E-state index in [1.54, 1.807) is 0 Å². The van der Waals surface area contributed by atoms with E-state index in [0.29, 0.717) is 19.6 Å². The number of hydrogen-bond acceptors (Lipinski definition) is 4. The summed E-state index contributed by atoms with van der Waals surface area (Å²) in [6.07, 6.45) is 54.3. The van der Waals surface area contributed by atoms with Crippen LogP contribution in [-0.4, -0.2) is 37.0 Å². The number of rotatable bonds is 44. The Morgan fingerprint density at radius 1 is 0.451 bits per heavy atom. The normalized spacial score (nSPS) is 12.3. The molecule has 1 N–H and O–H groups in total. The highest BCUT2D eigenvalue weighted by atomic mass is 16.6. The lowest BCUT2D eigenvalue weighted by Crippen LogP contribution is -2.27. The van der Waals surface area contributed by atoms with Crippen LogP contribution in [0.15, 0.2) is 12.2 Å². The van der Waals surface area contributed by atoms with Gasteiger partial charge in [-0.25, -0.2) is 0 Å². The van der Waals surface area contributed by atoms with Gasteiger partial charge in [0.05, 0.1) is 13.2 Å². The summed E-state index contributed by atoms with van der Waals surface area (Å²) in [5.41, 5.74) is 0. The molecular weight excluding hydrogens is 629 g/mol. The Morgan fingerprint density at radius 3 is 1.12 bits per heavy atom. The lowest BCUT2D eigenvalue weighted by molar-refractivity contribution is -0.154. The van der Waals surface area contributed by atoms with E-state index in [0.717, 1.165) is 19.3 Å². The van der Waals surface area contributed by atoms with Crippen molar-refractivity contribution in [2.45, 2.75) is 264 Å². The fourth-order valence-corrected chi connectivity index (χ4v) is 7.09. The van der Waals surface area contributed by atoms with Crippen LogP contribution in [0.4, 0.5) is 0 Å². The standard InChI is InChI=1S/C47H92O4/c1-3-5-7-9-11-13-15-17-19-21-22-23-24-25-26-27-29-31-33-35-37-39-41-43-50-45-46(44-48)51-47(49)42-40-38-36-34-32-30-28-20-18-16-14-12-10-8-6-4-2/h20,28,46,48H,3-19,21-27,29-45H2,1-2H3/b28-20-. The summed E-state index contributed by atoms with van der Waals surface area (Å²) < 4.78 is 11.2. The van der Waals surface area contributed by atoms with Crippen LogP contribution in [-0.2, 0) is 14.3 Å². The molecule has 0 saturated heterocycles. The van der Waals surface area contributed by atoms with Gasteiger partial charge in [-0.1, -0.05) is 225 Å². The van der Waals surface area contributed by atoms with Crippen molar-refractivity contribution in [1.82, 2.24) is 0 Å². The Hall–Kier alpha value is -0.870. The van der Waals surface area contributed by atoms with E-state index in [1.165, 1.54) is 218 Å². The first kappa shape index (κ1) is 50.1. The Labute approximate surface area is 320 Å². The Morgan fingerprint density at radius 2 is 0.765 bits per heavy atom. The van der Waals surface area contributed by atoms with Gasteiger partial charge in [0.15, 0.2) is 0 Å². The summed E-state index contributed by atoms with van der Waals surface area (Å²) in [5.74, 6) is -0.203. The molecule has 0 aromatic carbocycles. The van der Waals surface area contributed by atoms with Crippen molar-refractivity contribution in [3.05, 3.63) is 12.2 Å². The first-order valence-electron chi connectivity index (χ1n) is 23.3. The Balaban J connectivity index is 3.35. The first-order valence-corrected chi connectivity index (χ1v) is 23.3. The number of allylic oxidation sites excluding steroid dienone is 2. The predicted octanol–water partition coefficient (Wildman–Crippen LogP) is 15.3. The van der Waals surface area contributed by atoms with Gasteiger partial charge in [0, 0.05) is 13.0 Å². The molecule has 1 unspecified atom stereocenters. The molecule has 4 heteroatoms. The van der Waals surface area contributed by atoms with Crippen LogP contribution in [0.2, 0.25) is 0 Å². The molecule has 0 aromatic heterocycles. The molecule has 0 spiro atoms. The maximum Gasteiger partial charge on any atom is 0.306 e. The fraction of sp³-hybridized carbons (Fsp3) is 0.936. The highest BCUT2D eigenvalue weighted by Gasteiger charge is 2.13. The number of esters is 1. The minimum Gasteiger partial charge on any atom is -0.457 e. The SMILES string of the molecule is CCCCCCCCC/C=C\CCCCCCCC(=O)OC(CO)COCCCCCCCCCCCCCCCCCCCCCCCCC. The van der Waals surface area contributed by atoms with Crippen molar-refractivity contribution >= 4 is 5.97 Å². The van der Waals surface area contributed by atoms with Gasteiger partial charge >= 0.3 is 5.97 Å². The second kappa shape index (κ2) is 45.3. The van der Waals surface area contributed by atoms with E-state index in [4.69, 9.17) is 9.47 Å². The third kappa shape index (κ3) is 43.4. The molecule has 0 saturated carbocycles. The molecule has 0 aromatic rings. The molecular formula is C47H92O4. The van der Waals surface area contributed by atoms with E-state index in [2.05, 4.69) is 26.0 Å². The van der Waals surface area contributed by atoms with Crippen molar-refractivity contribution in [2.24, 2.45) is 0 Å². The van der Waals surface area contributed by atoms with E-state index in [1.807, 2.05) is 0 Å². The summed E-state index contributed by atoms with van der Waals surface area (Å²) in [7, 11) is 0. The maximum atomic E-state index is 12.2. The molecule has 0 bridgehead atoms. The van der Waals surface area contributed by atoms with E-state index >= 15 is 0 Å². The van der Waals surface area contributed by atoms with Crippen LogP contribution < -0.4 is 0 Å². The smallest absolute Gasteiger partial charge is 0.306 e. The molecule has 0 aliphatic heterocycles. The summed E-state index contributed by atoms with van der Waals surface area (Å²) in [6.45, 7) is 5.38. The minimum absolute atomic E-state index is 0.169. The molecule has 0 aliphatic carbocycles. The van der Waals surface area contributed by atoms with Crippen molar-refractivity contribution in [3.8, 4) is 0 Å². The van der Waals surface area contributed by atoms with E-state index in [9.17, 15) is 9.90 Å². The van der Waals surface area contributed by atoms with Gasteiger partial charge in [0.25, 0.3) is 0 Å². The van der Waals surface area contributed by atoms with E-state index < -0.39 is 6.10 Å². The van der Waals surface area contributed by atoms with Gasteiger partial charge in [-0.2, -0.15) is 0 Å². The van der Waals surface area contributed by atoms with Crippen LogP contribution in [0.1, 0.15) is 258 Å². The molecule has 1 atom stereocenters. The van der Waals surface area contributed by atoms with Gasteiger partial charge in [-0.15, -0.1) is 0 Å². The second-order valence-corrected chi connectivity index (χ2v) is 15.8. The predicted molar refractivity (Wildman–Crippen MR) is 224 cm³/mol. The van der Waals surface area contributed by atoms with Crippen LogP contribution in [0.3, 0.4) is 0 Å². The largest absolute Gasteiger partial charge is 0.457 e. The molecule has 0 amide bonds. The number of carbonyl (C=O) groups excluding carboxylic acids is 1. The third-order valence-corrected chi connectivity index (χ3v) is 10.6. The number of ether oxygens (including phenoxy) is 2. The summed E-state index contributed by atoms with van der Waals surface area (Å²) >= 11 is 0. The molecule has 4 nitrogen and oxygen atoms in total. The zero-order valence-corrected chi connectivity index (χ0v) is 34.9. The fourth-order valence-electron chi connectivity index (χ4n) is 7.09. The van der Waals surface area contributed by atoms with Crippen molar-refractivity contribution in [2.75, 3.05) is 19.8 Å². The number of hydrogen-bond donors (Lipinski definition) is 1. The number of aliphatic hydroxyl groups excluding tert-OH is 1. The highest BCUT2D eigenvalue weighted by molar-refractivity contribution is 5.69. The second-order valence-electron chi connectivity index (χ2n) is 15.8. The quantitative estimate of drug-likeness (QED) is 0.0387. The van der Waals surface area contributed by atoms with Crippen molar-refractivity contribution < 1.29 is 19.4 Å². The lowest BCUT2D eigenvalue weighted by Gasteiger charge is -2.15. The van der Waals surface area contributed by atoms with Crippen molar-refractivity contribution in [3.63, 3.8) is 0 Å². The molecule has 0 fully saturated rings. The Bertz CT molecular complexity index is 677. The molecule has 51 heavy (non-hydrogen) atoms. The zero-order valence-electron chi connectivity index (χ0n) is 34.9. The first-order chi connectivity index (χ1) is 25.2. The minimum atomic E-state index is -0.533. The van der Waals surface area contributed by atoms with Crippen LogP contribution >= 0.6 is 0 Å². The third-order valence-electron chi connectivity index (χ3n) is 10.6. The summed E-state index contributed by atoms with van der Waals surface area (Å²) in [6, 6.07) is 0. The molecule has 0 rings (SSSR count).